The highest BCUT2D eigenvalue weighted by atomic mass is 19.1. The first-order valence-corrected chi connectivity index (χ1v) is 6.46. The van der Waals surface area contributed by atoms with Crippen molar-refractivity contribution in [3.8, 4) is 0 Å². The highest BCUT2D eigenvalue weighted by molar-refractivity contribution is 5.94. The van der Waals surface area contributed by atoms with Crippen molar-refractivity contribution in [1.82, 2.24) is 5.32 Å². The lowest BCUT2D eigenvalue weighted by Gasteiger charge is -2.17. The lowest BCUT2D eigenvalue weighted by molar-refractivity contribution is 0.0931. The van der Waals surface area contributed by atoms with Crippen molar-refractivity contribution < 1.29 is 13.6 Å². The number of amides is 1. The molecule has 0 saturated carbocycles. The zero-order chi connectivity index (χ0) is 14.4. The van der Waals surface area contributed by atoms with Crippen LogP contribution in [0.1, 0.15) is 42.1 Å². The third kappa shape index (κ3) is 4.28. The summed E-state index contributed by atoms with van der Waals surface area (Å²) in [5.74, 6) is -2.06. The smallest absolute Gasteiger partial charge is 0.254 e. The molecule has 0 radical (unpaired) electrons. The maximum atomic E-state index is 13.6. The molecule has 1 rings (SSSR count). The molecular weight excluding hydrogens is 250 g/mol. The van der Waals surface area contributed by atoms with Crippen molar-refractivity contribution in [2.45, 2.75) is 39.2 Å². The van der Waals surface area contributed by atoms with E-state index in [1.807, 2.05) is 6.92 Å². The number of benzene rings is 1. The number of hydrogen-bond acceptors (Lipinski definition) is 2. The Kier molecular flexibility index (Phi) is 5.89. The zero-order valence-electron chi connectivity index (χ0n) is 11.3. The molecule has 0 saturated heterocycles. The normalized spacial score (nSPS) is 12.3. The van der Waals surface area contributed by atoms with Crippen molar-refractivity contribution in [3.05, 3.63) is 34.9 Å². The molecule has 0 aliphatic carbocycles. The van der Waals surface area contributed by atoms with Crippen molar-refractivity contribution >= 4 is 5.91 Å². The molecule has 5 heteroatoms. The second-order valence-corrected chi connectivity index (χ2v) is 4.63. The van der Waals surface area contributed by atoms with Gasteiger partial charge in [-0.15, -0.1) is 0 Å². The molecule has 0 bridgehead atoms. The first-order valence-electron chi connectivity index (χ1n) is 6.46. The largest absolute Gasteiger partial charge is 0.348 e. The number of halogens is 2. The van der Waals surface area contributed by atoms with Gasteiger partial charge in [0.1, 0.15) is 11.6 Å². The summed E-state index contributed by atoms with van der Waals surface area (Å²) >= 11 is 0. The fraction of sp³-hybridized carbons (Fsp3) is 0.500. The average Bonchev–Trinajstić information content (AvgIpc) is 2.38. The number of unbranched alkanes of at least 4 members (excludes halogenated alkanes) is 1. The van der Waals surface area contributed by atoms with Crippen LogP contribution in [-0.4, -0.2) is 18.5 Å². The van der Waals surface area contributed by atoms with Gasteiger partial charge in [0.15, 0.2) is 0 Å². The summed E-state index contributed by atoms with van der Waals surface area (Å²) < 4.78 is 26.7. The summed E-state index contributed by atoms with van der Waals surface area (Å²) in [6, 6.07) is 1.76. The molecule has 19 heavy (non-hydrogen) atoms. The van der Waals surface area contributed by atoms with E-state index in [9.17, 15) is 13.6 Å². The maximum Gasteiger partial charge on any atom is 0.254 e. The van der Waals surface area contributed by atoms with E-state index in [2.05, 4.69) is 5.32 Å². The van der Waals surface area contributed by atoms with Gasteiger partial charge in [0, 0.05) is 18.7 Å². The molecule has 0 aliphatic rings. The molecule has 3 nitrogen and oxygen atoms in total. The van der Waals surface area contributed by atoms with Crippen LogP contribution in [0.15, 0.2) is 12.1 Å². The Morgan fingerprint density at radius 2 is 2.05 bits per heavy atom. The molecule has 1 atom stereocenters. The highest BCUT2D eigenvalue weighted by Gasteiger charge is 2.17. The van der Waals surface area contributed by atoms with E-state index >= 15 is 0 Å². The van der Waals surface area contributed by atoms with Crippen LogP contribution in [0.4, 0.5) is 8.78 Å². The number of rotatable bonds is 6. The minimum atomic E-state index is -0.855. The summed E-state index contributed by atoms with van der Waals surface area (Å²) in [4.78, 5) is 11.9. The fourth-order valence-electron chi connectivity index (χ4n) is 1.79. The minimum absolute atomic E-state index is 0.145. The van der Waals surface area contributed by atoms with Gasteiger partial charge in [-0.2, -0.15) is 0 Å². The topological polar surface area (TPSA) is 55.1 Å². The molecule has 0 aliphatic heterocycles. The monoisotopic (exact) mass is 270 g/mol. The Morgan fingerprint density at radius 3 is 2.63 bits per heavy atom. The van der Waals surface area contributed by atoms with Gasteiger partial charge in [-0.1, -0.05) is 19.8 Å². The molecule has 0 aromatic heterocycles. The van der Waals surface area contributed by atoms with Gasteiger partial charge in [0.05, 0.1) is 5.56 Å². The molecule has 0 heterocycles. The van der Waals surface area contributed by atoms with E-state index in [1.54, 1.807) is 0 Å². The van der Waals surface area contributed by atoms with Crippen LogP contribution < -0.4 is 11.1 Å². The molecule has 1 unspecified atom stereocenters. The van der Waals surface area contributed by atoms with Crippen LogP contribution in [0, 0.1) is 18.6 Å². The number of aryl methyl sites for hydroxylation is 1. The molecule has 1 aromatic rings. The van der Waals surface area contributed by atoms with Crippen molar-refractivity contribution in [2.24, 2.45) is 5.73 Å². The number of hydrogen-bond donors (Lipinski definition) is 2. The quantitative estimate of drug-likeness (QED) is 0.834. The Hall–Kier alpha value is -1.49. The van der Waals surface area contributed by atoms with E-state index in [4.69, 9.17) is 5.73 Å². The van der Waals surface area contributed by atoms with Crippen LogP contribution in [0.3, 0.4) is 0 Å². The summed E-state index contributed by atoms with van der Waals surface area (Å²) in [7, 11) is 0. The van der Waals surface area contributed by atoms with Crippen LogP contribution in [0.2, 0.25) is 0 Å². The summed E-state index contributed by atoms with van der Waals surface area (Å²) in [5.41, 5.74) is 5.66. The Morgan fingerprint density at radius 1 is 1.37 bits per heavy atom. The van der Waals surface area contributed by atoms with Gasteiger partial charge in [-0.05, 0) is 25.0 Å². The summed E-state index contributed by atoms with van der Waals surface area (Å²) in [6.45, 7) is 3.83. The van der Waals surface area contributed by atoms with Crippen molar-refractivity contribution in [2.75, 3.05) is 6.54 Å². The van der Waals surface area contributed by atoms with Crippen LogP contribution in [0.25, 0.3) is 0 Å². The van der Waals surface area contributed by atoms with Gasteiger partial charge in [0.25, 0.3) is 5.91 Å². The van der Waals surface area contributed by atoms with Gasteiger partial charge in [0.2, 0.25) is 0 Å². The molecule has 0 spiro atoms. The van der Waals surface area contributed by atoms with E-state index in [1.165, 1.54) is 13.0 Å². The fourth-order valence-corrected chi connectivity index (χ4v) is 1.79. The van der Waals surface area contributed by atoms with E-state index in [-0.39, 0.29) is 17.2 Å². The lowest BCUT2D eigenvalue weighted by atomic mass is 10.1. The number of nitrogens with two attached hydrogens (primary N) is 1. The van der Waals surface area contributed by atoms with Crippen molar-refractivity contribution in [1.29, 1.82) is 0 Å². The predicted molar refractivity (Wildman–Crippen MR) is 70.9 cm³/mol. The highest BCUT2D eigenvalue weighted by Crippen LogP contribution is 2.14. The molecule has 1 amide bonds. The van der Waals surface area contributed by atoms with Crippen LogP contribution >= 0.6 is 0 Å². The Bertz CT molecular complexity index is 449. The molecule has 106 valence electrons. The van der Waals surface area contributed by atoms with E-state index < -0.39 is 17.5 Å². The number of carbonyl (C=O) groups excluding carboxylic acids is 1. The zero-order valence-corrected chi connectivity index (χ0v) is 11.3. The van der Waals surface area contributed by atoms with Gasteiger partial charge < -0.3 is 11.1 Å². The van der Waals surface area contributed by atoms with E-state index in [0.29, 0.717) is 6.54 Å². The van der Waals surface area contributed by atoms with Gasteiger partial charge >= 0.3 is 0 Å². The maximum absolute atomic E-state index is 13.6. The third-order valence-electron chi connectivity index (χ3n) is 3.02. The number of nitrogens with one attached hydrogen (secondary N) is 1. The van der Waals surface area contributed by atoms with Crippen LogP contribution in [-0.2, 0) is 0 Å². The lowest BCUT2D eigenvalue weighted by Crippen LogP contribution is -2.40. The predicted octanol–water partition coefficient (Wildman–Crippen LogP) is 2.52. The molecule has 3 N–H and O–H groups in total. The van der Waals surface area contributed by atoms with Gasteiger partial charge in [-0.3, -0.25) is 4.79 Å². The molecule has 1 aromatic carbocycles. The summed E-state index contributed by atoms with van der Waals surface area (Å²) in [6.07, 6.45) is 2.68. The van der Waals surface area contributed by atoms with Gasteiger partial charge in [-0.25, -0.2) is 8.78 Å². The molecular formula is C14H20F2N2O. The Balaban J connectivity index is 2.79. The van der Waals surface area contributed by atoms with E-state index in [0.717, 1.165) is 25.3 Å². The minimum Gasteiger partial charge on any atom is -0.348 e. The first-order chi connectivity index (χ1) is 8.99. The second-order valence-electron chi connectivity index (χ2n) is 4.63. The average molecular weight is 270 g/mol. The number of carbonyl (C=O) groups is 1. The summed E-state index contributed by atoms with van der Waals surface area (Å²) in [5, 5.41) is 2.68. The Labute approximate surface area is 112 Å². The third-order valence-corrected chi connectivity index (χ3v) is 3.02. The van der Waals surface area contributed by atoms with Crippen molar-refractivity contribution in [3.63, 3.8) is 0 Å². The second kappa shape index (κ2) is 7.19. The first kappa shape index (κ1) is 15.6. The SMILES string of the molecule is CCCCC(CN)NC(=O)c1cc(C)c(F)cc1F. The van der Waals surface area contributed by atoms with Crippen LogP contribution in [0.5, 0.6) is 0 Å². The standard InChI is InChI=1S/C14H20F2N2O/c1-3-4-5-10(8-17)18-14(19)11-6-9(2)12(15)7-13(11)16/h6-7,10H,3-5,8,17H2,1-2H3,(H,18,19). The molecule has 0 fully saturated rings.